The number of carbonyl (C=O) groups excluding carboxylic acids is 3. The summed E-state index contributed by atoms with van der Waals surface area (Å²) >= 11 is 0. The summed E-state index contributed by atoms with van der Waals surface area (Å²) in [4.78, 5) is 35.7. The summed E-state index contributed by atoms with van der Waals surface area (Å²) in [6.07, 6.45) is 1.31. The molecule has 1 fully saturated rings. The molecule has 0 spiro atoms. The molecule has 0 aliphatic carbocycles. The van der Waals surface area contributed by atoms with Crippen molar-refractivity contribution in [3.05, 3.63) is 24.3 Å². The Bertz CT molecular complexity index is 509. The van der Waals surface area contributed by atoms with E-state index in [-0.39, 0.29) is 37.0 Å². The van der Waals surface area contributed by atoms with Gasteiger partial charge in [0.15, 0.2) is 0 Å². The van der Waals surface area contributed by atoms with Crippen LogP contribution in [0.4, 0.5) is 11.4 Å². The molecule has 106 valence electrons. The Hall–Kier alpha value is -2.37. The van der Waals surface area contributed by atoms with Crippen LogP contribution >= 0.6 is 0 Å². The molecule has 0 saturated carbocycles. The predicted molar refractivity (Wildman–Crippen MR) is 74.7 cm³/mol. The molecule has 1 aliphatic rings. The van der Waals surface area contributed by atoms with Crippen LogP contribution in [0.3, 0.4) is 0 Å². The van der Waals surface area contributed by atoms with Crippen LogP contribution in [0.2, 0.25) is 0 Å². The molecule has 6 nitrogen and oxygen atoms in total. The third-order valence-corrected chi connectivity index (χ3v) is 3.13. The van der Waals surface area contributed by atoms with Crippen LogP contribution in [0.15, 0.2) is 24.3 Å². The highest BCUT2D eigenvalue weighted by Gasteiger charge is 2.28. The number of likely N-dealkylation sites (tertiary alicyclic amines) is 1. The SMILES string of the molecule is Nc1ccc(NC(=O)CCCN2C(=O)CCC2=O)cc1. The fraction of sp³-hybridized carbons (Fsp3) is 0.357. The number of imide groups is 1. The molecular formula is C14H17N3O3. The average molecular weight is 275 g/mol. The topological polar surface area (TPSA) is 92.5 Å². The molecule has 1 aromatic carbocycles. The molecule has 2 rings (SSSR count). The zero-order valence-electron chi connectivity index (χ0n) is 11.1. The number of benzene rings is 1. The van der Waals surface area contributed by atoms with Gasteiger partial charge in [0.1, 0.15) is 0 Å². The van der Waals surface area contributed by atoms with Crippen molar-refractivity contribution in [2.75, 3.05) is 17.6 Å². The minimum absolute atomic E-state index is 0.144. The van der Waals surface area contributed by atoms with E-state index in [2.05, 4.69) is 5.32 Å². The van der Waals surface area contributed by atoms with Gasteiger partial charge in [0.05, 0.1) is 0 Å². The van der Waals surface area contributed by atoms with Crippen LogP contribution in [0, 0.1) is 0 Å². The van der Waals surface area contributed by atoms with E-state index < -0.39 is 0 Å². The van der Waals surface area contributed by atoms with Gasteiger partial charge in [-0.15, -0.1) is 0 Å². The first-order valence-corrected chi connectivity index (χ1v) is 6.55. The summed E-state index contributed by atoms with van der Waals surface area (Å²) in [5.74, 6) is -0.434. The van der Waals surface area contributed by atoms with E-state index in [0.29, 0.717) is 24.3 Å². The van der Waals surface area contributed by atoms with Crippen molar-refractivity contribution in [3.63, 3.8) is 0 Å². The van der Waals surface area contributed by atoms with Gasteiger partial charge in [-0.1, -0.05) is 0 Å². The van der Waals surface area contributed by atoms with E-state index in [1.54, 1.807) is 24.3 Å². The summed E-state index contributed by atoms with van der Waals surface area (Å²) in [6, 6.07) is 6.86. The van der Waals surface area contributed by atoms with Gasteiger partial charge in [-0.2, -0.15) is 0 Å². The molecule has 1 saturated heterocycles. The lowest BCUT2D eigenvalue weighted by atomic mass is 10.2. The third kappa shape index (κ3) is 3.57. The van der Waals surface area contributed by atoms with Crippen LogP contribution in [0.25, 0.3) is 0 Å². The molecule has 0 bridgehead atoms. The molecule has 0 atom stereocenters. The second kappa shape index (κ2) is 6.18. The number of nitrogens with one attached hydrogen (secondary N) is 1. The standard InChI is InChI=1S/C14H17N3O3/c15-10-3-5-11(6-4-10)16-12(18)2-1-9-17-13(19)7-8-14(17)20/h3-6H,1-2,7-9,15H2,(H,16,18). The number of hydrogen-bond acceptors (Lipinski definition) is 4. The van der Waals surface area contributed by atoms with Crippen molar-refractivity contribution in [2.45, 2.75) is 25.7 Å². The molecule has 1 aromatic rings. The lowest BCUT2D eigenvalue weighted by molar-refractivity contribution is -0.138. The fourth-order valence-corrected chi connectivity index (χ4v) is 2.06. The molecular weight excluding hydrogens is 258 g/mol. The predicted octanol–water partition coefficient (Wildman–Crippen LogP) is 1.14. The highest BCUT2D eigenvalue weighted by molar-refractivity contribution is 6.02. The Kier molecular flexibility index (Phi) is 4.34. The van der Waals surface area contributed by atoms with Crippen molar-refractivity contribution in [2.24, 2.45) is 0 Å². The summed E-state index contributed by atoms with van der Waals surface area (Å²) in [5.41, 5.74) is 6.86. The number of nitrogens with zero attached hydrogens (tertiary/aromatic N) is 1. The van der Waals surface area contributed by atoms with Crippen molar-refractivity contribution in [3.8, 4) is 0 Å². The molecule has 1 aliphatic heterocycles. The van der Waals surface area contributed by atoms with Crippen LogP contribution in [0.1, 0.15) is 25.7 Å². The van der Waals surface area contributed by atoms with E-state index in [1.807, 2.05) is 0 Å². The second-order valence-electron chi connectivity index (χ2n) is 4.71. The Morgan fingerprint density at radius 2 is 1.75 bits per heavy atom. The van der Waals surface area contributed by atoms with Gasteiger partial charge in [-0.05, 0) is 30.7 Å². The molecule has 1 heterocycles. The number of nitrogen functional groups attached to an aromatic ring is 1. The van der Waals surface area contributed by atoms with Crippen molar-refractivity contribution < 1.29 is 14.4 Å². The Morgan fingerprint density at radius 3 is 2.35 bits per heavy atom. The number of nitrogens with two attached hydrogens (primary N) is 1. The molecule has 0 aromatic heterocycles. The van der Waals surface area contributed by atoms with Gasteiger partial charge in [0.2, 0.25) is 17.7 Å². The molecule has 3 amide bonds. The average Bonchev–Trinajstić information content (AvgIpc) is 2.73. The molecule has 0 unspecified atom stereocenters. The summed E-state index contributed by atoms with van der Waals surface area (Å²) in [6.45, 7) is 0.312. The van der Waals surface area contributed by atoms with Gasteiger partial charge >= 0.3 is 0 Å². The molecule has 6 heteroatoms. The summed E-state index contributed by atoms with van der Waals surface area (Å²) in [7, 11) is 0. The fourth-order valence-electron chi connectivity index (χ4n) is 2.06. The van der Waals surface area contributed by atoms with Gasteiger partial charge < -0.3 is 11.1 Å². The van der Waals surface area contributed by atoms with Crippen molar-refractivity contribution in [1.29, 1.82) is 0 Å². The zero-order valence-corrected chi connectivity index (χ0v) is 11.1. The number of amides is 3. The first-order chi connectivity index (χ1) is 9.56. The van der Waals surface area contributed by atoms with Crippen molar-refractivity contribution >= 4 is 29.1 Å². The van der Waals surface area contributed by atoms with Gasteiger partial charge in [0.25, 0.3) is 0 Å². The van der Waals surface area contributed by atoms with Crippen LogP contribution in [-0.2, 0) is 14.4 Å². The van der Waals surface area contributed by atoms with Crippen molar-refractivity contribution in [1.82, 2.24) is 4.90 Å². The monoisotopic (exact) mass is 275 g/mol. The summed E-state index contributed by atoms with van der Waals surface area (Å²) < 4.78 is 0. The number of rotatable bonds is 5. The number of anilines is 2. The van der Waals surface area contributed by atoms with Gasteiger partial charge in [-0.3, -0.25) is 19.3 Å². The highest BCUT2D eigenvalue weighted by Crippen LogP contribution is 2.13. The zero-order chi connectivity index (χ0) is 14.5. The lowest BCUT2D eigenvalue weighted by Crippen LogP contribution is -2.30. The van der Waals surface area contributed by atoms with E-state index in [1.165, 1.54) is 4.90 Å². The Labute approximate surface area is 116 Å². The first kappa shape index (κ1) is 14.0. The molecule has 3 N–H and O–H groups in total. The largest absolute Gasteiger partial charge is 0.399 e. The third-order valence-electron chi connectivity index (χ3n) is 3.13. The van der Waals surface area contributed by atoms with Crippen LogP contribution < -0.4 is 11.1 Å². The van der Waals surface area contributed by atoms with E-state index >= 15 is 0 Å². The highest BCUT2D eigenvalue weighted by atomic mass is 16.2. The molecule has 0 radical (unpaired) electrons. The van der Waals surface area contributed by atoms with E-state index in [0.717, 1.165) is 0 Å². The Balaban J connectivity index is 1.74. The number of hydrogen-bond donors (Lipinski definition) is 2. The summed E-state index contributed by atoms with van der Waals surface area (Å²) in [5, 5.41) is 2.73. The van der Waals surface area contributed by atoms with E-state index in [4.69, 9.17) is 5.73 Å². The maximum atomic E-state index is 11.7. The first-order valence-electron chi connectivity index (χ1n) is 6.55. The minimum Gasteiger partial charge on any atom is -0.399 e. The van der Waals surface area contributed by atoms with Crippen LogP contribution in [-0.4, -0.2) is 29.2 Å². The second-order valence-corrected chi connectivity index (χ2v) is 4.71. The lowest BCUT2D eigenvalue weighted by Gasteiger charge is -2.13. The van der Waals surface area contributed by atoms with Gasteiger partial charge in [-0.25, -0.2) is 0 Å². The van der Waals surface area contributed by atoms with Crippen LogP contribution in [0.5, 0.6) is 0 Å². The Morgan fingerprint density at radius 1 is 1.15 bits per heavy atom. The smallest absolute Gasteiger partial charge is 0.229 e. The minimum atomic E-state index is -0.145. The van der Waals surface area contributed by atoms with E-state index in [9.17, 15) is 14.4 Å². The number of carbonyl (C=O) groups is 3. The molecule has 20 heavy (non-hydrogen) atoms. The quantitative estimate of drug-likeness (QED) is 0.622. The van der Waals surface area contributed by atoms with Gasteiger partial charge in [0, 0.05) is 37.2 Å². The maximum Gasteiger partial charge on any atom is 0.229 e. The maximum absolute atomic E-state index is 11.7. The normalized spacial score (nSPS) is 14.7.